The van der Waals surface area contributed by atoms with E-state index < -0.39 is 0 Å². The summed E-state index contributed by atoms with van der Waals surface area (Å²) in [5.41, 5.74) is 5.47. The zero-order chi connectivity index (χ0) is 10.1. The minimum Gasteiger partial charge on any atom is -0.396 e. The summed E-state index contributed by atoms with van der Waals surface area (Å²) in [6, 6.07) is 0. The Bertz CT molecular complexity index is 142. The summed E-state index contributed by atoms with van der Waals surface area (Å²) in [5.74, 6) is 0. The Morgan fingerprint density at radius 2 is 2.08 bits per heavy atom. The number of aliphatic hydroxyl groups is 1. The van der Waals surface area contributed by atoms with Crippen LogP contribution in [0, 0.1) is 0 Å². The summed E-state index contributed by atoms with van der Waals surface area (Å²) in [5, 5.41) is 8.62. The van der Waals surface area contributed by atoms with Crippen molar-refractivity contribution in [1.29, 1.82) is 0 Å². The Labute approximate surface area is 85.9 Å². The lowest BCUT2D eigenvalue weighted by Gasteiger charge is -2.20. The molecule has 0 unspecified atom stereocenters. The largest absolute Gasteiger partial charge is 0.396 e. The summed E-state index contributed by atoms with van der Waals surface area (Å²) >= 11 is 4.85. The maximum absolute atomic E-state index is 8.62. The van der Waals surface area contributed by atoms with Crippen LogP contribution in [0.1, 0.15) is 26.2 Å². The molecule has 78 valence electrons. The van der Waals surface area contributed by atoms with Gasteiger partial charge >= 0.3 is 0 Å². The van der Waals surface area contributed by atoms with Gasteiger partial charge in [0.15, 0.2) is 0 Å². The molecule has 0 fully saturated rings. The number of unbranched alkanes of at least 4 members (excludes halogenated alkanes) is 1. The lowest BCUT2D eigenvalue weighted by atomic mass is 10.3. The molecule has 0 aromatic carbocycles. The fourth-order valence-electron chi connectivity index (χ4n) is 1.25. The van der Waals surface area contributed by atoms with E-state index in [1.54, 1.807) is 0 Å². The highest BCUT2D eigenvalue weighted by molar-refractivity contribution is 7.80. The molecule has 0 aliphatic heterocycles. The van der Waals surface area contributed by atoms with Gasteiger partial charge in [0, 0.05) is 13.2 Å². The van der Waals surface area contributed by atoms with Gasteiger partial charge in [-0.1, -0.05) is 19.1 Å². The van der Waals surface area contributed by atoms with Crippen molar-refractivity contribution in [3.8, 4) is 0 Å². The smallest absolute Gasteiger partial charge is 0.0870 e. The standard InChI is InChI=1S/C9H20N2OS/c1-2-5-11(8-9(10)13)6-3-4-7-12/h12H,2-8H2,1H3,(H2,10,13). The maximum atomic E-state index is 8.62. The third kappa shape index (κ3) is 8.15. The highest BCUT2D eigenvalue weighted by Crippen LogP contribution is 1.96. The molecule has 0 aliphatic rings. The number of hydrogen-bond donors (Lipinski definition) is 2. The zero-order valence-corrected chi connectivity index (χ0v) is 9.15. The van der Waals surface area contributed by atoms with Crippen molar-refractivity contribution in [1.82, 2.24) is 4.90 Å². The van der Waals surface area contributed by atoms with Crippen molar-refractivity contribution < 1.29 is 5.11 Å². The highest BCUT2D eigenvalue weighted by Gasteiger charge is 2.03. The van der Waals surface area contributed by atoms with Crippen molar-refractivity contribution in [3.05, 3.63) is 0 Å². The molecule has 0 heterocycles. The van der Waals surface area contributed by atoms with E-state index in [0.717, 1.165) is 32.4 Å². The van der Waals surface area contributed by atoms with E-state index in [2.05, 4.69) is 11.8 Å². The van der Waals surface area contributed by atoms with Gasteiger partial charge in [-0.3, -0.25) is 4.90 Å². The molecule has 0 atom stereocenters. The lowest BCUT2D eigenvalue weighted by Crippen LogP contribution is -2.34. The Balaban J connectivity index is 3.59. The number of nitrogens with two attached hydrogens (primary N) is 1. The highest BCUT2D eigenvalue weighted by atomic mass is 32.1. The molecule has 3 nitrogen and oxygen atoms in total. The SMILES string of the molecule is CCCN(CCCCO)CC(N)=S. The first-order valence-corrected chi connectivity index (χ1v) is 5.23. The topological polar surface area (TPSA) is 49.5 Å². The first-order valence-electron chi connectivity index (χ1n) is 4.82. The second kappa shape index (κ2) is 8.41. The van der Waals surface area contributed by atoms with Gasteiger partial charge in [0.2, 0.25) is 0 Å². The van der Waals surface area contributed by atoms with Gasteiger partial charge in [-0.15, -0.1) is 0 Å². The van der Waals surface area contributed by atoms with Crippen molar-refractivity contribution >= 4 is 17.2 Å². The van der Waals surface area contributed by atoms with Crippen LogP contribution in [0.4, 0.5) is 0 Å². The van der Waals surface area contributed by atoms with Crippen molar-refractivity contribution in [2.75, 3.05) is 26.2 Å². The van der Waals surface area contributed by atoms with Crippen LogP contribution < -0.4 is 5.73 Å². The fraction of sp³-hybridized carbons (Fsp3) is 0.889. The summed E-state index contributed by atoms with van der Waals surface area (Å²) < 4.78 is 0. The second-order valence-electron chi connectivity index (χ2n) is 3.17. The van der Waals surface area contributed by atoms with Gasteiger partial charge in [0.05, 0.1) is 4.99 Å². The zero-order valence-electron chi connectivity index (χ0n) is 8.33. The lowest BCUT2D eigenvalue weighted by molar-refractivity contribution is 0.257. The number of thiocarbonyl (C=S) groups is 1. The summed E-state index contributed by atoms with van der Waals surface area (Å²) in [6.45, 7) is 5.12. The molecular formula is C9H20N2OS. The summed E-state index contributed by atoms with van der Waals surface area (Å²) in [7, 11) is 0. The van der Waals surface area contributed by atoms with Gasteiger partial charge in [-0.05, 0) is 32.4 Å². The molecule has 0 aromatic heterocycles. The van der Waals surface area contributed by atoms with Gasteiger partial charge in [0.25, 0.3) is 0 Å². The Morgan fingerprint density at radius 3 is 2.54 bits per heavy atom. The van der Waals surface area contributed by atoms with Crippen LogP contribution >= 0.6 is 12.2 Å². The van der Waals surface area contributed by atoms with Crippen LogP contribution in [-0.2, 0) is 0 Å². The van der Waals surface area contributed by atoms with E-state index in [1.807, 2.05) is 0 Å². The van der Waals surface area contributed by atoms with Crippen molar-refractivity contribution in [2.24, 2.45) is 5.73 Å². The van der Waals surface area contributed by atoms with Crippen LogP contribution in [0.15, 0.2) is 0 Å². The monoisotopic (exact) mass is 204 g/mol. The van der Waals surface area contributed by atoms with E-state index in [-0.39, 0.29) is 6.61 Å². The van der Waals surface area contributed by atoms with Crippen LogP contribution in [-0.4, -0.2) is 41.2 Å². The van der Waals surface area contributed by atoms with Crippen molar-refractivity contribution in [3.63, 3.8) is 0 Å². The molecule has 0 aromatic rings. The van der Waals surface area contributed by atoms with Crippen LogP contribution in [0.25, 0.3) is 0 Å². The molecule has 0 radical (unpaired) electrons. The predicted octanol–water partition coefficient (Wildman–Crippen LogP) is 0.757. The average Bonchev–Trinajstić information content (AvgIpc) is 2.04. The maximum Gasteiger partial charge on any atom is 0.0870 e. The van der Waals surface area contributed by atoms with Crippen LogP contribution in [0.3, 0.4) is 0 Å². The normalized spacial score (nSPS) is 10.7. The average molecular weight is 204 g/mol. The number of rotatable bonds is 8. The molecule has 0 saturated carbocycles. The first kappa shape index (κ1) is 12.8. The van der Waals surface area contributed by atoms with Gasteiger partial charge in [-0.2, -0.15) is 0 Å². The molecule has 0 bridgehead atoms. The van der Waals surface area contributed by atoms with Crippen molar-refractivity contribution in [2.45, 2.75) is 26.2 Å². The van der Waals surface area contributed by atoms with E-state index in [0.29, 0.717) is 11.5 Å². The van der Waals surface area contributed by atoms with Gasteiger partial charge in [-0.25, -0.2) is 0 Å². The first-order chi connectivity index (χ1) is 6.20. The Hall–Kier alpha value is -0.190. The number of nitrogens with zero attached hydrogens (tertiary/aromatic N) is 1. The van der Waals surface area contributed by atoms with E-state index >= 15 is 0 Å². The minimum absolute atomic E-state index is 0.271. The summed E-state index contributed by atoms with van der Waals surface area (Å²) in [4.78, 5) is 2.79. The predicted molar refractivity (Wildman–Crippen MR) is 59.8 cm³/mol. The molecule has 0 saturated heterocycles. The van der Waals surface area contributed by atoms with Gasteiger partial charge < -0.3 is 10.8 Å². The third-order valence-electron chi connectivity index (χ3n) is 1.80. The molecule has 0 amide bonds. The van der Waals surface area contributed by atoms with E-state index in [1.165, 1.54) is 0 Å². The van der Waals surface area contributed by atoms with Crippen LogP contribution in [0.5, 0.6) is 0 Å². The van der Waals surface area contributed by atoms with Gasteiger partial charge in [0.1, 0.15) is 0 Å². The van der Waals surface area contributed by atoms with E-state index in [9.17, 15) is 0 Å². The molecule has 0 aliphatic carbocycles. The molecule has 0 rings (SSSR count). The summed E-state index contributed by atoms with van der Waals surface area (Å²) in [6.07, 6.45) is 2.98. The Morgan fingerprint density at radius 1 is 1.38 bits per heavy atom. The van der Waals surface area contributed by atoms with E-state index in [4.69, 9.17) is 23.1 Å². The fourth-order valence-corrected chi connectivity index (χ4v) is 1.44. The molecule has 3 N–H and O–H groups in total. The molecule has 13 heavy (non-hydrogen) atoms. The molecule has 4 heteroatoms. The number of hydrogen-bond acceptors (Lipinski definition) is 3. The number of aliphatic hydroxyl groups excluding tert-OH is 1. The quantitative estimate of drug-likeness (QED) is 0.453. The third-order valence-corrected chi connectivity index (χ3v) is 1.93. The Kier molecular flexibility index (Phi) is 8.29. The molecular weight excluding hydrogens is 184 g/mol. The van der Waals surface area contributed by atoms with Crippen LogP contribution in [0.2, 0.25) is 0 Å². The minimum atomic E-state index is 0.271. The second-order valence-corrected chi connectivity index (χ2v) is 3.70. The molecule has 0 spiro atoms.